The highest BCUT2D eigenvalue weighted by atomic mass is 32.2. The molecule has 20 heavy (non-hydrogen) atoms. The number of anilines is 1. The first-order valence-electron chi connectivity index (χ1n) is 6.97. The molecule has 0 aliphatic heterocycles. The molecule has 0 fully saturated rings. The Balaban J connectivity index is 1.44. The van der Waals surface area contributed by atoms with Crippen LogP contribution in [0.4, 0.5) is 5.69 Å². The van der Waals surface area contributed by atoms with E-state index in [2.05, 4.69) is 45.9 Å². The molecule has 106 valence electrons. The first-order valence-corrected chi connectivity index (χ1v) is 7.96. The van der Waals surface area contributed by atoms with Crippen molar-refractivity contribution in [2.24, 2.45) is 0 Å². The molecule has 1 aromatic heterocycles. The standard InChI is InChI=1S/C16H21N3S/c1-2-7-16(8-3-1)20-13-12-17-10-5-11-19-15-6-4-9-18-14-15/h1-4,6-9,14,17,19H,5,10-13H2. The third-order valence-corrected chi connectivity index (χ3v) is 3.83. The third-order valence-electron chi connectivity index (χ3n) is 2.81. The Bertz CT molecular complexity index is 416. The van der Waals surface area contributed by atoms with E-state index in [1.165, 1.54) is 4.90 Å². The van der Waals surface area contributed by atoms with E-state index >= 15 is 0 Å². The fourth-order valence-electron chi connectivity index (χ4n) is 1.80. The topological polar surface area (TPSA) is 37.0 Å². The van der Waals surface area contributed by atoms with Crippen molar-refractivity contribution >= 4 is 17.4 Å². The molecule has 2 N–H and O–H groups in total. The Morgan fingerprint density at radius 1 is 0.950 bits per heavy atom. The zero-order valence-electron chi connectivity index (χ0n) is 11.6. The van der Waals surface area contributed by atoms with Gasteiger partial charge in [-0.25, -0.2) is 0 Å². The summed E-state index contributed by atoms with van der Waals surface area (Å²) in [7, 11) is 0. The van der Waals surface area contributed by atoms with Crippen LogP contribution >= 0.6 is 11.8 Å². The molecule has 1 heterocycles. The van der Waals surface area contributed by atoms with E-state index in [-0.39, 0.29) is 0 Å². The fraction of sp³-hybridized carbons (Fsp3) is 0.312. The van der Waals surface area contributed by atoms with Crippen LogP contribution in [0.2, 0.25) is 0 Å². The first kappa shape index (κ1) is 14.9. The number of nitrogens with zero attached hydrogens (tertiary/aromatic N) is 1. The lowest BCUT2D eigenvalue weighted by atomic mass is 10.3. The molecule has 4 heteroatoms. The summed E-state index contributed by atoms with van der Waals surface area (Å²) in [5, 5.41) is 6.82. The van der Waals surface area contributed by atoms with Crippen LogP contribution in [0.5, 0.6) is 0 Å². The second kappa shape index (κ2) is 9.39. The van der Waals surface area contributed by atoms with Crippen LogP contribution in [0.25, 0.3) is 0 Å². The number of hydrogen-bond donors (Lipinski definition) is 2. The zero-order valence-corrected chi connectivity index (χ0v) is 12.4. The fourth-order valence-corrected chi connectivity index (χ4v) is 2.63. The van der Waals surface area contributed by atoms with Crippen LogP contribution in [0, 0.1) is 0 Å². The van der Waals surface area contributed by atoms with E-state index in [4.69, 9.17) is 0 Å². The number of rotatable bonds is 9. The summed E-state index contributed by atoms with van der Waals surface area (Å²) in [6.07, 6.45) is 4.76. The molecule has 0 spiro atoms. The molecule has 0 aliphatic rings. The van der Waals surface area contributed by atoms with Gasteiger partial charge < -0.3 is 10.6 Å². The maximum absolute atomic E-state index is 4.07. The Kier molecular flexibility index (Phi) is 6.99. The molecule has 0 radical (unpaired) electrons. The van der Waals surface area contributed by atoms with E-state index in [1.807, 2.05) is 30.1 Å². The van der Waals surface area contributed by atoms with Gasteiger partial charge in [0.25, 0.3) is 0 Å². The van der Waals surface area contributed by atoms with Gasteiger partial charge in [0, 0.05) is 36.1 Å². The van der Waals surface area contributed by atoms with Gasteiger partial charge in [0.05, 0.1) is 5.69 Å². The lowest BCUT2D eigenvalue weighted by Crippen LogP contribution is -2.20. The largest absolute Gasteiger partial charge is 0.384 e. The summed E-state index contributed by atoms with van der Waals surface area (Å²) in [5.74, 6) is 1.11. The lowest BCUT2D eigenvalue weighted by Gasteiger charge is -2.07. The lowest BCUT2D eigenvalue weighted by molar-refractivity contribution is 0.692. The Hall–Kier alpha value is -1.52. The third kappa shape index (κ3) is 6.08. The van der Waals surface area contributed by atoms with E-state index in [9.17, 15) is 0 Å². The quantitative estimate of drug-likeness (QED) is 0.548. The summed E-state index contributed by atoms with van der Waals surface area (Å²) < 4.78 is 0. The number of pyridine rings is 1. The Morgan fingerprint density at radius 3 is 2.65 bits per heavy atom. The highest BCUT2D eigenvalue weighted by Crippen LogP contribution is 2.15. The summed E-state index contributed by atoms with van der Waals surface area (Å²) in [6.45, 7) is 3.07. The normalized spacial score (nSPS) is 10.4. The average molecular weight is 287 g/mol. The van der Waals surface area contributed by atoms with Crippen LogP contribution in [0.15, 0.2) is 59.8 Å². The predicted molar refractivity (Wildman–Crippen MR) is 87.4 cm³/mol. The van der Waals surface area contributed by atoms with Crippen molar-refractivity contribution < 1.29 is 0 Å². The molecule has 0 amide bonds. The first-order chi connectivity index (χ1) is 9.95. The summed E-state index contributed by atoms with van der Waals surface area (Å²) in [5.41, 5.74) is 1.09. The summed E-state index contributed by atoms with van der Waals surface area (Å²) >= 11 is 1.89. The van der Waals surface area contributed by atoms with Gasteiger partial charge in [0.2, 0.25) is 0 Å². The zero-order chi connectivity index (χ0) is 13.9. The van der Waals surface area contributed by atoms with E-state index in [1.54, 1.807) is 6.20 Å². The number of nitrogens with one attached hydrogen (secondary N) is 2. The smallest absolute Gasteiger partial charge is 0.0526 e. The van der Waals surface area contributed by atoms with Crippen molar-refractivity contribution in [2.75, 3.05) is 30.7 Å². The molecule has 0 saturated carbocycles. The molecule has 0 aliphatic carbocycles. The summed E-state index contributed by atoms with van der Waals surface area (Å²) in [4.78, 5) is 5.41. The molecule has 3 nitrogen and oxygen atoms in total. The minimum absolute atomic E-state index is 0.977. The minimum Gasteiger partial charge on any atom is -0.384 e. The second-order valence-corrected chi connectivity index (χ2v) is 5.60. The average Bonchev–Trinajstić information content (AvgIpc) is 2.52. The Morgan fingerprint density at radius 2 is 1.85 bits per heavy atom. The van der Waals surface area contributed by atoms with Crippen molar-refractivity contribution in [1.82, 2.24) is 10.3 Å². The Labute approximate surface area is 125 Å². The van der Waals surface area contributed by atoms with Gasteiger partial charge >= 0.3 is 0 Å². The summed E-state index contributed by atoms with van der Waals surface area (Å²) in [6, 6.07) is 14.5. The highest BCUT2D eigenvalue weighted by Gasteiger charge is 1.93. The minimum atomic E-state index is 0.977. The van der Waals surface area contributed by atoms with Gasteiger partial charge in [0.1, 0.15) is 0 Å². The maximum Gasteiger partial charge on any atom is 0.0526 e. The molecule has 0 saturated heterocycles. The van der Waals surface area contributed by atoms with Crippen molar-refractivity contribution in [2.45, 2.75) is 11.3 Å². The number of hydrogen-bond acceptors (Lipinski definition) is 4. The SMILES string of the molecule is c1ccc(SCCNCCCNc2cccnc2)cc1. The van der Waals surface area contributed by atoms with Gasteiger partial charge in [-0.3, -0.25) is 4.98 Å². The monoisotopic (exact) mass is 287 g/mol. The number of aromatic nitrogens is 1. The van der Waals surface area contributed by atoms with Gasteiger partial charge in [-0.05, 0) is 37.2 Å². The molecule has 1 aromatic carbocycles. The van der Waals surface area contributed by atoms with Crippen LogP contribution in [-0.4, -0.2) is 30.4 Å². The molecular formula is C16H21N3S. The van der Waals surface area contributed by atoms with Crippen molar-refractivity contribution in [3.63, 3.8) is 0 Å². The molecule has 0 unspecified atom stereocenters. The van der Waals surface area contributed by atoms with Gasteiger partial charge in [-0.15, -0.1) is 11.8 Å². The second-order valence-electron chi connectivity index (χ2n) is 4.43. The van der Waals surface area contributed by atoms with Crippen molar-refractivity contribution in [1.29, 1.82) is 0 Å². The number of thioether (sulfide) groups is 1. The van der Waals surface area contributed by atoms with E-state index < -0.39 is 0 Å². The maximum atomic E-state index is 4.07. The number of benzene rings is 1. The van der Waals surface area contributed by atoms with Gasteiger partial charge in [0.15, 0.2) is 0 Å². The van der Waals surface area contributed by atoms with Crippen LogP contribution in [-0.2, 0) is 0 Å². The van der Waals surface area contributed by atoms with Crippen LogP contribution in [0.1, 0.15) is 6.42 Å². The van der Waals surface area contributed by atoms with E-state index in [0.29, 0.717) is 0 Å². The van der Waals surface area contributed by atoms with Crippen molar-refractivity contribution in [3.8, 4) is 0 Å². The van der Waals surface area contributed by atoms with E-state index in [0.717, 1.165) is 37.5 Å². The molecule has 2 rings (SSSR count). The van der Waals surface area contributed by atoms with Gasteiger partial charge in [-0.1, -0.05) is 18.2 Å². The van der Waals surface area contributed by atoms with Crippen LogP contribution in [0.3, 0.4) is 0 Å². The highest BCUT2D eigenvalue weighted by molar-refractivity contribution is 7.99. The van der Waals surface area contributed by atoms with Crippen molar-refractivity contribution in [3.05, 3.63) is 54.9 Å². The van der Waals surface area contributed by atoms with Crippen LogP contribution < -0.4 is 10.6 Å². The van der Waals surface area contributed by atoms with Gasteiger partial charge in [-0.2, -0.15) is 0 Å². The molecular weight excluding hydrogens is 266 g/mol. The molecule has 0 bridgehead atoms. The molecule has 0 atom stereocenters. The predicted octanol–water partition coefficient (Wildman–Crippen LogP) is 3.27. The molecule has 2 aromatic rings.